The molecule has 2 rings (SSSR count). The van der Waals surface area contributed by atoms with Gasteiger partial charge in [0.15, 0.2) is 0 Å². The van der Waals surface area contributed by atoms with Crippen molar-refractivity contribution in [3.8, 4) is 0 Å². The van der Waals surface area contributed by atoms with Gasteiger partial charge in [0.05, 0.1) is 6.42 Å². The molecule has 0 saturated carbocycles. The first-order valence-electron chi connectivity index (χ1n) is 5.16. The Morgan fingerprint density at radius 3 is 2.29 bits per heavy atom. The zero-order valence-electron chi connectivity index (χ0n) is 9.99. The summed E-state index contributed by atoms with van der Waals surface area (Å²) < 4.78 is 0. The monoisotopic (exact) mass is 323 g/mol. The van der Waals surface area contributed by atoms with Crippen molar-refractivity contribution in [2.45, 2.75) is 26.2 Å². The third kappa shape index (κ3) is 4.56. The third-order valence-electron chi connectivity index (χ3n) is 2.87. The van der Waals surface area contributed by atoms with E-state index in [0.717, 1.165) is 12.1 Å². The summed E-state index contributed by atoms with van der Waals surface area (Å²) >= 11 is 0. The van der Waals surface area contributed by atoms with E-state index in [1.807, 2.05) is 6.08 Å². The van der Waals surface area contributed by atoms with Crippen molar-refractivity contribution in [3.05, 3.63) is 29.0 Å². The van der Waals surface area contributed by atoms with E-state index in [9.17, 15) is 0 Å². The third-order valence-corrected chi connectivity index (χ3v) is 2.87. The van der Waals surface area contributed by atoms with E-state index in [2.05, 4.69) is 22.7 Å². The maximum Gasteiger partial charge on any atom is 2.00 e. The van der Waals surface area contributed by atoms with Gasteiger partial charge >= 0.3 is 19.5 Å². The normalized spacial score (nSPS) is 17.9. The van der Waals surface area contributed by atoms with Crippen molar-refractivity contribution in [1.82, 2.24) is 4.90 Å². The predicted octanol–water partition coefficient (Wildman–Crippen LogP) is -4.01. The molecule has 1 aliphatic heterocycles. The van der Waals surface area contributed by atoms with Crippen LogP contribution < -0.4 is 24.8 Å². The summed E-state index contributed by atoms with van der Waals surface area (Å²) in [6.45, 7) is 4.42. The quantitative estimate of drug-likeness (QED) is 0.275. The van der Waals surface area contributed by atoms with E-state index in [1.54, 1.807) is 0 Å². The first-order chi connectivity index (χ1) is 6.81. The molecule has 0 radical (unpaired) electrons. The van der Waals surface area contributed by atoms with Gasteiger partial charge in [0.1, 0.15) is 0 Å². The van der Waals surface area contributed by atoms with Crippen LogP contribution in [0.25, 0.3) is 5.53 Å². The van der Waals surface area contributed by atoms with Gasteiger partial charge in [-0.1, -0.05) is 0 Å². The van der Waals surface area contributed by atoms with Crippen molar-refractivity contribution in [1.29, 1.82) is 0 Å². The number of likely N-dealkylation sites (tertiary alicyclic amines) is 1. The van der Waals surface area contributed by atoms with Gasteiger partial charge in [-0.2, -0.15) is 4.79 Å². The summed E-state index contributed by atoms with van der Waals surface area (Å²) in [7, 11) is 0. The number of nitrogens with zero attached hydrogens (tertiary/aromatic N) is 3. The van der Waals surface area contributed by atoms with Gasteiger partial charge in [0.25, 0.3) is 5.71 Å². The minimum atomic E-state index is 0. The second-order valence-electron chi connectivity index (χ2n) is 3.91. The van der Waals surface area contributed by atoms with Gasteiger partial charge < -0.3 is 35.2 Å². The molecule has 17 heavy (non-hydrogen) atoms. The number of rotatable bonds is 1. The Kier molecular flexibility index (Phi) is 10.0. The molecule has 0 N–H and O–H groups in total. The van der Waals surface area contributed by atoms with Crippen molar-refractivity contribution in [2.75, 3.05) is 13.1 Å². The van der Waals surface area contributed by atoms with E-state index in [0.29, 0.717) is 0 Å². The Morgan fingerprint density at radius 2 is 1.82 bits per heavy atom. The molecule has 1 fully saturated rings. The SMILES string of the molecule is CC1=CC(=[N+]=[N-])CC=C1N1CCCC1.[Cl-].[Cl-].[Zn+2]. The first-order valence-corrected chi connectivity index (χ1v) is 5.16. The largest absolute Gasteiger partial charge is 2.00 e. The Bertz CT molecular complexity index is 354. The Morgan fingerprint density at radius 1 is 1.24 bits per heavy atom. The molecule has 6 heteroatoms. The summed E-state index contributed by atoms with van der Waals surface area (Å²) in [5.74, 6) is 0. The number of allylic oxidation sites excluding steroid dienone is 3. The number of halogens is 2. The van der Waals surface area contributed by atoms with Gasteiger partial charge in [-0.3, -0.25) is 0 Å². The average Bonchev–Trinajstić information content (AvgIpc) is 2.70. The van der Waals surface area contributed by atoms with Crippen molar-refractivity contribution in [2.24, 2.45) is 0 Å². The maximum absolute atomic E-state index is 8.66. The van der Waals surface area contributed by atoms with Gasteiger partial charge in [0.2, 0.25) is 0 Å². The Balaban J connectivity index is 0. The van der Waals surface area contributed by atoms with Crippen LogP contribution in [-0.2, 0) is 19.5 Å². The van der Waals surface area contributed by atoms with Crippen molar-refractivity contribution in [3.63, 3.8) is 0 Å². The molecule has 1 aliphatic carbocycles. The molecule has 0 bridgehead atoms. The topological polar surface area (TPSA) is 39.6 Å². The molecule has 0 aromatic rings. The molecule has 0 aromatic carbocycles. The van der Waals surface area contributed by atoms with E-state index in [1.165, 1.54) is 37.2 Å². The molecular weight excluding hydrogens is 310 g/mol. The van der Waals surface area contributed by atoms with Gasteiger partial charge in [-0.05, 0) is 31.4 Å². The Labute approximate surface area is 128 Å². The summed E-state index contributed by atoms with van der Waals surface area (Å²) in [5.41, 5.74) is 12.0. The molecule has 2 aliphatic rings. The van der Waals surface area contributed by atoms with Crippen LogP contribution in [0.15, 0.2) is 23.4 Å². The smallest absolute Gasteiger partial charge is 1.00 e. The fourth-order valence-corrected chi connectivity index (χ4v) is 2.15. The van der Waals surface area contributed by atoms with Gasteiger partial charge in [0, 0.05) is 24.9 Å². The van der Waals surface area contributed by atoms with Crippen LogP contribution in [0.3, 0.4) is 0 Å². The van der Waals surface area contributed by atoms with Gasteiger partial charge in [-0.25, -0.2) is 0 Å². The molecule has 1 saturated heterocycles. The summed E-state index contributed by atoms with van der Waals surface area (Å²) in [6, 6.07) is 0. The second-order valence-corrected chi connectivity index (χ2v) is 3.91. The van der Waals surface area contributed by atoms with Crippen LogP contribution in [0.2, 0.25) is 0 Å². The standard InChI is InChI=1S/C11H15N3.2ClH.Zn/c1-9-8-10(13-12)4-5-11(9)14-6-2-3-7-14;;;/h5,8H,2-4,6-7H2,1H3;2*1H;/q;;;+2/p-2. The molecule has 90 valence electrons. The molecular formula is C11H15Cl2N3Zn. The van der Waals surface area contributed by atoms with E-state index < -0.39 is 0 Å². The van der Waals surface area contributed by atoms with E-state index >= 15 is 0 Å². The predicted molar refractivity (Wildman–Crippen MR) is 55.9 cm³/mol. The van der Waals surface area contributed by atoms with Crippen molar-refractivity contribution >= 4 is 5.71 Å². The van der Waals surface area contributed by atoms with E-state index in [4.69, 9.17) is 5.53 Å². The average molecular weight is 326 g/mol. The number of hydrogen-bond acceptors (Lipinski definition) is 1. The van der Waals surface area contributed by atoms with Crippen LogP contribution in [0.1, 0.15) is 26.2 Å². The minimum absolute atomic E-state index is 0. The molecule has 0 unspecified atom stereocenters. The molecule has 0 spiro atoms. The molecule has 1 heterocycles. The zero-order valence-corrected chi connectivity index (χ0v) is 14.5. The van der Waals surface area contributed by atoms with Crippen LogP contribution in [-0.4, -0.2) is 28.5 Å². The minimum Gasteiger partial charge on any atom is -1.00 e. The fraction of sp³-hybridized carbons (Fsp3) is 0.545. The van der Waals surface area contributed by atoms with Gasteiger partial charge in [-0.15, -0.1) is 0 Å². The molecule has 0 amide bonds. The van der Waals surface area contributed by atoms with Crippen LogP contribution in [0.4, 0.5) is 0 Å². The van der Waals surface area contributed by atoms with E-state index in [-0.39, 0.29) is 44.3 Å². The van der Waals surface area contributed by atoms with Crippen LogP contribution in [0.5, 0.6) is 0 Å². The summed E-state index contributed by atoms with van der Waals surface area (Å²) in [4.78, 5) is 5.65. The molecule has 0 atom stereocenters. The summed E-state index contributed by atoms with van der Waals surface area (Å²) in [5, 5.41) is 0. The first kappa shape index (κ1) is 19.2. The molecule has 3 nitrogen and oxygen atoms in total. The van der Waals surface area contributed by atoms with Crippen LogP contribution in [0, 0.1) is 0 Å². The Hall–Kier alpha value is -0.137. The molecule has 0 aromatic heterocycles. The zero-order chi connectivity index (χ0) is 9.97. The number of hydrogen-bond donors (Lipinski definition) is 0. The summed E-state index contributed by atoms with van der Waals surface area (Å²) in [6.07, 6.45) is 7.47. The second kappa shape index (κ2) is 8.88. The maximum atomic E-state index is 8.66. The van der Waals surface area contributed by atoms with Crippen molar-refractivity contribution < 1.29 is 49.1 Å². The van der Waals surface area contributed by atoms with Crippen LogP contribution >= 0.6 is 0 Å². The fourth-order valence-electron chi connectivity index (χ4n) is 2.15.